The molecule has 1 aromatic rings. The Morgan fingerprint density at radius 1 is 1.71 bits per heavy atom. The van der Waals surface area contributed by atoms with Crippen molar-refractivity contribution < 1.29 is 9.21 Å². The van der Waals surface area contributed by atoms with Gasteiger partial charge in [0.1, 0.15) is 0 Å². The van der Waals surface area contributed by atoms with Crippen LogP contribution in [0.4, 0.5) is 0 Å². The van der Waals surface area contributed by atoms with Gasteiger partial charge in [-0.25, -0.2) is 0 Å². The van der Waals surface area contributed by atoms with Gasteiger partial charge in [0.2, 0.25) is 0 Å². The Balaban J connectivity index is 2.13. The second kappa shape index (κ2) is 3.46. The highest BCUT2D eigenvalue weighted by molar-refractivity contribution is 5.93. The van der Waals surface area contributed by atoms with Crippen molar-refractivity contribution in [3.8, 4) is 0 Å². The smallest absolute Gasteiger partial charge is 0.289 e. The van der Waals surface area contributed by atoms with Crippen molar-refractivity contribution in [1.82, 2.24) is 4.90 Å². The number of rotatable bonds is 1. The molecule has 2 rings (SSSR count). The van der Waals surface area contributed by atoms with Crippen molar-refractivity contribution in [1.29, 1.82) is 0 Å². The Morgan fingerprint density at radius 3 is 3.00 bits per heavy atom. The highest BCUT2D eigenvalue weighted by Crippen LogP contribution is 2.15. The number of likely N-dealkylation sites (tertiary alicyclic amines) is 1. The summed E-state index contributed by atoms with van der Waals surface area (Å²) in [5.41, 5.74) is 6.61. The molecule has 4 heteroatoms. The van der Waals surface area contributed by atoms with Crippen LogP contribution in [0.1, 0.15) is 22.5 Å². The first kappa shape index (κ1) is 9.27. The van der Waals surface area contributed by atoms with E-state index in [2.05, 4.69) is 0 Å². The van der Waals surface area contributed by atoms with Gasteiger partial charge in [0.25, 0.3) is 5.91 Å². The molecule has 1 fully saturated rings. The number of aryl methyl sites for hydroxylation is 1. The van der Waals surface area contributed by atoms with E-state index in [-0.39, 0.29) is 11.9 Å². The van der Waals surface area contributed by atoms with Crippen LogP contribution in [-0.4, -0.2) is 29.9 Å². The van der Waals surface area contributed by atoms with Crippen LogP contribution in [0.2, 0.25) is 0 Å². The van der Waals surface area contributed by atoms with Gasteiger partial charge in [-0.05, 0) is 19.4 Å². The molecule has 2 N–H and O–H groups in total. The van der Waals surface area contributed by atoms with Gasteiger partial charge in [-0.1, -0.05) is 0 Å². The van der Waals surface area contributed by atoms with Gasteiger partial charge in [0.15, 0.2) is 5.76 Å². The Bertz CT molecular complexity index is 346. The Labute approximate surface area is 82.7 Å². The summed E-state index contributed by atoms with van der Waals surface area (Å²) in [5.74, 6) is 0.402. The molecule has 0 radical (unpaired) electrons. The second-order valence-corrected chi connectivity index (χ2v) is 3.73. The van der Waals surface area contributed by atoms with E-state index in [1.807, 2.05) is 6.92 Å². The summed E-state index contributed by atoms with van der Waals surface area (Å²) in [4.78, 5) is 13.6. The van der Waals surface area contributed by atoms with Crippen molar-refractivity contribution in [2.45, 2.75) is 19.4 Å². The van der Waals surface area contributed by atoms with Crippen molar-refractivity contribution in [3.63, 3.8) is 0 Å². The molecule has 0 aliphatic carbocycles. The summed E-state index contributed by atoms with van der Waals surface area (Å²) >= 11 is 0. The van der Waals surface area contributed by atoms with Crippen LogP contribution >= 0.6 is 0 Å². The molecule has 0 bridgehead atoms. The van der Waals surface area contributed by atoms with Crippen molar-refractivity contribution >= 4 is 5.91 Å². The third kappa shape index (κ3) is 1.53. The fourth-order valence-electron chi connectivity index (χ4n) is 1.71. The lowest BCUT2D eigenvalue weighted by atomic mass is 10.2. The lowest BCUT2D eigenvalue weighted by Gasteiger charge is -2.14. The minimum absolute atomic E-state index is 0.0412. The van der Waals surface area contributed by atoms with Crippen LogP contribution in [0.3, 0.4) is 0 Å². The SMILES string of the molecule is Cc1ccoc1C(=O)N1CC[C@H](N)C1. The van der Waals surface area contributed by atoms with Crippen LogP contribution < -0.4 is 5.73 Å². The summed E-state index contributed by atoms with van der Waals surface area (Å²) in [7, 11) is 0. The van der Waals surface area contributed by atoms with E-state index >= 15 is 0 Å². The summed E-state index contributed by atoms with van der Waals surface area (Å²) in [6.07, 6.45) is 2.42. The molecule has 1 saturated heterocycles. The number of furan rings is 1. The topological polar surface area (TPSA) is 59.5 Å². The second-order valence-electron chi connectivity index (χ2n) is 3.73. The predicted octanol–water partition coefficient (Wildman–Crippen LogP) is 0.761. The van der Waals surface area contributed by atoms with E-state index in [0.717, 1.165) is 18.5 Å². The Kier molecular flexibility index (Phi) is 2.29. The molecule has 1 amide bonds. The first-order valence-corrected chi connectivity index (χ1v) is 4.77. The standard InChI is InChI=1S/C10H14N2O2/c1-7-3-5-14-9(7)10(13)12-4-2-8(11)6-12/h3,5,8H,2,4,6,11H2,1H3/t8-/m0/s1. The third-order valence-corrected chi connectivity index (χ3v) is 2.57. The largest absolute Gasteiger partial charge is 0.459 e. The van der Waals surface area contributed by atoms with E-state index < -0.39 is 0 Å². The molecule has 0 unspecified atom stereocenters. The van der Waals surface area contributed by atoms with Crippen LogP contribution in [0.25, 0.3) is 0 Å². The monoisotopic (exact) mass is 194 g/mol. The highest BCUT2D eigenvalue weighted by Gasteiger charge is 2.26. The summed E-state index contributed by atoms with van der Waals surface area (Å²) in [5, 5.41) is 0. The highest BCUT2D eigenvalue weighted by atomic mass is 16.3. The van der Waals surface area contributed by atoms with Gasteiger partial charge in [-0.2, -0.15) is 0 Å². The number of hydrogen-bond donors (Lipinski definition) is 1. The lowest BCUT2D eigenvalue weighted by molar-refractivity contribution is 0.0758. The fourth-order valence-corrected chi connectivity index (χ4v) is 1.71. The molecule has 2 heterocycles. The van der Waals surface area contributed by atoms with E-state index in [1.165, 1.54) is 0 Å². The van der Waals surface area contributed by atoms with Crippen LogP contribution in [0.5, 0.6) is 0 Å². The van der Waals surface area contributed by atoms with E-state index in [1.54, 1.807) is 17.2 Å². The van der Waals surface area contributed by atoms with Gasteiger partial charge in [0.05, 0.1) is 6.26 Å². The molecule has 4 nitrogen and oxygen atoms in total. The maximum Gasteiger partial charge on any atom is 0.289 e. The molecule has 1 aromatic heterocycles. The molecule has 0 spiro atoms. The molecule has 0 saturated carbocycles. The summed E-state index contributed by atoms with van der Waals surface area (Å²) in [6.45, 7) is 3.24. The van der Waals surface area contributed by atoms with Gasteiger partial charge >= 0.3 is 0 Å². The summed E-state index contributed by atoms with van der Waals surface area (Å²) in [6, 6.07) is 1.91. The number of amides is 1. The zero-order valence-corrected chi connectivity index (χ0v) is 8.19. The van der Waals surface area contributed by atoms with E-state index in [0.29, 0.717) is 12.3 Å². The first-order valence-electron chi connectivity index (χ1n) is 4.77. The molecule has 1 atom stereocenters. The molecule has 1 aliphatic heterocycles. The minimum Gasteiger partial charge on any atom is -0.459 e. The maximum absolute atomic E-state index is 11.9. The zero-order chi connectivity index (χ0) is 10.1. The molecule has 1 aliphatic rings. The van der Waals surface area contributed by atoms with E-state index in [9.17, 15) is 4.79 Å². The minimum atomic E-state index is -0.0412. The predicted molar refractivity (Wildman–Crippen MR) is 51.9 cm³/mol. The lowest BCUT2D eigenvalue weighted by Crippen LogP contribution is -2.31. The van der Waals surface area contributed by atoms with E-state index in [4.69, 9.17) is 10.2 Å². The Hall–Kier alpha value is -1.29. The summed E-state index contributed by atoms with van der Waals surface area (Å²) < 4.78 is 5.14. The zero-order valence-electron chi connectivity index (χ0n) is 8.19. The van der Waals surface area contributed by atoms with Crippen LogP contribution in [0.15, 0.2) is 16.7 Å². The molecule has 0 aromatic carbocycles. The number of carbonyl (C=O) groups is 1. The number of hydrogen-bond acceptors (Lipinski definition) is 3. The number of nitrogens with two attached hydrogens (primary N) is 1. The quantitative estimate of drug-likeness (QED) is 0.718. The van der Waals surface area contributed by atoms with Crippen molar-refractivity contribution in [2.75, 3.05) is 13.1 Å². The van der Waals surface area contributed by atoms with Crippen molar-refractivity contribution in [2.24, 2.45) is 5.73 Å². The number of carbonyl (C=O) groups excluding carboxylic acids is 1. The van der Waals surface area contributed by atoms with Gasteiger partial charge in [0, 0.05) is 24.7 Å². The average molecular weight is 194 g/mol. The molecular formula is C10H14N2O2. The van der Waals surface area contributed by atoms with Crippen molar-refractivity contribution in [3.05, 3.63) is 23.7 Å². The molecule has 14 heavy (non-hydrogen) atoms. The molecule has 76 valence electrons. The van der Waals surface area contributed by atoms with Gasteiger partial charge in [-0.15, -0.1) is 0 Å². The normalized spacial score (nSPS) is 21.6. The van der Waals surface area contributed by atoms with Crippen LogP contribution in [0, 0.1) is 6.92 Å². The average Bonchev–Trinajstić information content (AvgIpc) is 2.73. The fraction of sp³-hybridized carbons (Fsp3) is 0.500. The van der Waals surface area contributed by atoms with Gasteiger partial charge in [-0.3, -0.25) is 4.79 Å². The Morgan fingerprint density at radius 2 is 2.50 bits per heavy atom. The van der Waals surface area contributed by atoms with Gasteiger partial charge < -0.3 is 15.1 Å². The maximum atomic E-state index is 11.9. The third-order valence-electron chi connectivity index (χ3n) is 2.57. The number of nitrogens with zero attached hydrogens (tertiary/aromatic N) is 1. The molecular weight excluding hydrogens is 180 g/mol. The van der Waals surface area contributed by atoms with Crippen LogP contribution in [-0.2, 0) is 0 Å². The first-order chi connectivity index (χ1) is 6.68.